The summed E-state index contributed by atoms with van der Waals surface area (Å²) >= 11 is 0. The van der Waals surface area contributed by atoms with Crippen LogP contribution >= 0.6 is 0 Å². The molecule has 0 saturated carbocycles. The lowest BCUT2D eigenvalue weighted by Crippen LogP contribution is -1.83. The molecule has 1 heterocycles. The molecule has 0 aliphatic heterocycles. The fraction of sp³-hybridized carbons (Fsp3) is 0.0370. The van der Waals surface area contributed by atoms with Crippen molar-refractivity contribution < 1.29 is 4.42 Å². The van der Waals surface area contributed by atoms with Gasteiger partial charge in [0.15, 0.2) is 0 Å². The van der Waals surface area contributed by atoms with Crippen molar-refractivity contribution in [3.05, 3.63) is 96.6 Å². The molecule has 0 amide bonds. The number of furan rings is 1. The van der Waals surface area contributed by atoms with Crippen LogP contribution in [0.1, 0.15) is 5.56 Å². The highest BCUT2D eigenvalue weighted by molar-refractivity contribution is 6.28. The molecule has 0 aliphatic carbocycles. The molecule has 6 aromatic rings. The van der Waals surface area contributed by atoms with E-state index in [0.717, 1.165) is 16.7 Å². The van der Waals surface area contributed by atoms with Gasteiger partial charge in [0.1, 0.15) is 11.2 Å². The Bertz CT molecular complexity index is 1500. The van der Waals surface area contributed by atoms with Crippen LogP contribution in [-0.4, -0.2) is 0 Å². The third kappa shape index (κ3) is 2.13. The predicted molar refractivity (Wildman–Crippen MR) is 119 cm³/mol. The van der Waals surface area contributed by atoms with Crippen LogP contribution in [-0.2, 0) is 0 Å². The van der Waals surface area contributed by atoms with Crippen molar-refractivity contribution in [2.45, 2.75) is 6.92 Å². The molecule has 0 bridgehead atoms. The molecule has 0 N–H and O–H groups in total. The first-order valence-electron chi connectivity index (χ1n) is 9.62. The van der Waals surface area contributed by atoms with Gasteiger partial charge in [0.25, 0.3) is 0 Å². The maximum absolute atomic E-state index is 6.48. The van der Waals surface area contributed by atoms with Crippen LogP contribution in [0.15, 0.2) is 95.4 Å². The Labute approximate surface area is 162 Å². The summed E-state index contributed by atoms with van der Waals surface area (Å²) in [6.07, 6.45) is 0. The van der Waals surface area contributed by atoms with Gasteiger partial charge < -0.3 is 4.42 Å². The summed E-state index contributed by atoms with van der Waals surface area (Å²) < 4.78 is 6.48. The quantitative estimate of drug-likeness (QED) is 0.291. The second-order valence-electron chi connectivity index (χ2n) is 7.48. The summed E-state index contributed by atoms with van der Waals surface area (Å²) in [7, 11) is 0. The molecule has 0 unspecified atom stereocenters. The maximum Gasteiger partial charge on any atom is 0.143 e. The van der Waals surface area contributed by atoms with Crippen LogP contribution in [0.5, 0.6) is 0 Å². The summed E-state index contributed by atoms with van der Waals surface area (Å²) in [5.41, 5.74) is 5.50. The predicted octanol–water partition coefficient (Wildman–Crippen LogP) is 7.87. The van der Waals surface area contributed by atoms with Gasteiger partial charge in [-0.2, -0.15) is 0 Å². The summed E-state index contributed by atoms with van der Waals surface area (Å²) in [6, 6.07) is 32.4. The van der Waals surface area contributed by atoms with E-state index in [1.807, 2.05) is 0 Å². The first-order valence-corrected chi connectivity index (χ1v) is 9.62. The van der Waals surface area contributed by atoms with Crippen LogP contribution in [0.2, 0.25) is 0 Å². The van der Waals surface area contributed by atoms with Gasteiger partial charge in [-0.3, -0.25) is 0 Å². The molecule has 5 aromatic carbocycles. The number of aryl methyl sites for hydroxylation is 1. The third-order valence-corrected chi connectivity index (χ3v) is 5.72. The van der Waals surface area contributed by atoms with E-state index < -0.39 is 0 Å². The lowest BCUT2D eigenvalue weighted by atomic mass is 9.94. The minimum Gasteiger partial charge on any atom is -0.455 e. The van der Waals surface area contributed by atoms with E-state index in [2.05, 4.69) is 97.9 Å². The SMILES string of the molecule is Cc1ccc(-c2cc3ccccc3c3c2oc2ccc4ccccc4c23)cc1. The number of hydrogen-bond acceptors (Lipinski definition) is 1. The fourth-order valence-corrected chi connectivity index (χ4v) is 4.33. The normalized spacial score (nSPS) is 11.8. The third-order valence-electron chi connectivity index (χ3n) is 5.72. The second-order valence-corrected chi connectivity index (χ2v) is 7.48. The van der Waals surface area contributed by atoms with E-state index in [0.29, 0.717) is 0 Å². The highest BCUT2D eigenvalue weighted by atomic mass is 16.3. The van der Waals surface area contributed by atoms with Gasteiger partial charge in [-0.25, -0.2) is 0 Å². The smallest absolute Gasteiger partial charge is 0.143 e. The van der Waals surface area contributed by atoms with Crippen molar-refractivity contribution in [1.82, 2.24) is 0 Å². The van der Waals surface area contributed by atoms with Crippen molar-refractivity contribution in [3.63, 3.8) is 0 Å². The number of benzene rings is 5. The number of hydrogen-bond donors (Lipinski definition) is 0. The molecule has 0 atom stereocenters. The molecule has 0 radical (unpaired) electrons. The lowest BCUT2D eigenvalue weighted by Gasteiger charge is -2.08. The Hall–Kier alpha value is -3.58. The zero-order valence-corrected chi connectivity index (χ0v) is 15.6. The molecule has 6 rings (SSSR count). The summed E-state index contributed by atoms with van der Waals surface area (Å²) in [5, 5.41) is 7.37. The molecular formula is C27H18O. The Balaban J connectivity index is 1.88. The minimum absolute atomic E-state index is 0.943. The molecular weight excluding hydrogens is 340 g/mol. The van der Waals surface area contributed by atoms with Crippen molar-refractivity contribution in [2.24, 2.45) is 0 Å². The maximum atomic E-state index is 6.48. The Morgan fingerprint density at radius 3 is 2.07 bits per heavy atom. The van der Waals surface area contributed by atoms with E-state index in [1.165, 1.54) is 43.4 Å². The van der Waals surface area contributed by atoms with Gasteiger partial charge in [0.05, 0.1) is 0 Å². The summed E-state index contributed by atoms with van der Waals surface area (Å²) in [6.45, 7) is 2.12. The minimum atomic E-state index is 0.943. The van der Waals surface area contributed by atoms with Gasteiger partial charge in [0.2, 0.25) is 0 Å². The van der Waals surface area contributed by atoms with E-state index in [-0.39, 0.29) is 0 Å². The Morgan fingerprint density at radius 2 is 1.29 bits per heavy atom. The zero-order valence-electron chi connectivity index (χ0n) is 15.6. The molecule has 0 saturated heterocycles. The average molecular weight is 358 g/mol. The van der Waals surface area contributed by atoms with E-state index in [1.54, 1.807) is 0 Å². The summed E-state index contributed by atoms with van der Waals surface area (Å²) in [4.78, 5) is 0. The fourth-order valence-electron chi connectivity index (χ4n) is 4.33. The van der Waals surface area contributed by atoms with Crippen LogP contribution in [0.3, 0.4) is 0 Å². The number of fused-ring (bicyclic) bond motifs is 7. The van der Waals surface area contributed by atoms with Crippen LogP contribution in [0.25, 0.3) is 54.6 Å². The molecule has 132 valence electrons. The Morgan fingerprint density at radius 1 is 0.607 bits per heavy atom. The van der Waals surface area contributed by atoms with E-state index in [4.69, 9.17) is 4.42 Å². The molecule has 1 nitrogen and oxygen atoms in total. The van der Waals surface area contributed by atoms with Crippen molar-refractivity contribution in [1.29, 1.82) is 0 Å². The number of rotatable bonds is 1. The van der Waals surface area contributed by atoms with Crippen LogP contribution in [0.4, 0.5) is 0 Å². The van der Waals surface area contributed by atoms with Gasteiger partial charge in [0, 0.05) is 16.3 Å². The average Bonchev–Trinajstić information content (AvgIpc) is 3.14. The Kier molecular flexibility index (Phi) is 3.15. The monoisotopic (exact) mass is 358 g/mol. The highest BCUT2D eigenvalue weighted by Gasteiger charge is 2.17. The van der Waals surface area contributed by atoms with Crippen LogP contribution in [0, 0.1) is 6.92 Å². The zero-order chi connectivity index (χ0) is 18.7. The van der Waals surface area contributed by atoms with E-state index >= 15 is 0 Å². The molecule has 1 aromatic heterocycles. The first kappa shape index (κ1) is 15.5. The first-order chi connectivity index (χ1) is 13.8. The molecule has 0 fully saturated rings. The molecule has 1 heteroatoms. The van der Waals surface area contributed by atoms with Crippen molar-refractivity contribution in [3.8, 4) is 11.1 Å². The van der Waals surface area contributed by atoms with Crippen molar-refractivity contribution in [2.75, 3.05) is 0 Å². The molecule has 0 spiro atoms. The van der Waals surface area contributed by atoms with E-state index in [9.17, 15) is 0 Å². The molecule has 28 heavy (non-hydrogen) atoms. The molecule has 0 aliphatic rings. The van der Waals surface area contributed by atoms with Gasteiger partial charge in [-0.05, 0) is 46.2 Å². The van der Waals surface area contributed by atoms with Gasteiger partial charge in [-0.15, -0.1) is 0 Å². The lowest BCUT2D eigenvalue weighted by molar-refractivity contribution is 0.670. The topological polar surface area (TPSA) is 13.1 Å². The largest absolute Gasteiger partial charge is 0.455 e. The second kappa shape index (κ2) is 5.71. The standard InChI is InChI=1S/C27H18O/c1-17-10-12-19(13-11-17)23-16-20-7-3-5-9-22(20)26-25-21-8-4-2-6-18(21)14-15-24(25)28-27(23)26/h2-16H,1H3. The summed E-state index contributed by atoms with van der Waals surface area (Å²) in [5.74, 6) is 0. The van der Waals surface area contributed by atoms with Gasteiger partial charge >= 0.3 is 0 Å². The van der Waals surface area contributed by atoms with Crippen molar-refractivity contribution >= 4 is 43.5 Å². The van der Waals surface area contributed by atoms with Crippen LogP contribution < -0.4 is 0 Å². The highest BCUT2D eigenvalue weighted by Crippen LogP contribution is 2.43. The van der Waals surface area contributed by atoms with Gasteiger partial charge in [-0.1, -0.05) is 84.4 Å².